The van der Waals surface area contributed by atoms with Gasteiger partial charge in [-0.1, -0.05) is 0 Å². The van der Waals surface area contributed by atoms with Crippen molar-refractivity contribution in [2.24, 2.45) is 0 Å². The fraction of sp³-hybridized carbons (Fsp3) is 0.643. The molecule has 0 saturated carbocycles. The van der Waals surface area contributed by atoms with E-state index >= 15 is 0 Å². The second-order valence-corrected chi connectivity index (χ2v) is 5.48. The molecule has 3 rings (SSSR count). The average molecular weight is 276 g/mol. The first kappa shape index (κ1) is 13.3. The van der Waals surface area contributed by atoms with Crippen LogP contribution in [0.15, 0.2) is 10.9 Å². The van der Waals surface area contributed by atoms with Crippen molar-refractivity contribution >= 4 is 5.91 Å². The smallest absolute Gasteiger partial charge is 0.267 e. The molecular weight excluding hydrogens is 256 g/mol. The van der Waals surface area contributed by atoms with Gasteiger partial charge in [-0.05, 0) is 24.8 Å². The number of rotatable bonds is 2. The Labute approximate surface area is 117 Å². The molecule has 1 aromatic rings. The molecule has 1 amide bonds. The quantitative estimate of drug-likeness (QED) is 0.819. The van der Waals surface area contributed by atoms with Gasteiger partial charge >= 0.3 is 0 Å². The molecule has 20 heavy (non-hydrogen) atoms. The van der Waals surface area contributed by atoms with Crippen molar-refractivity contribution in [3.63, 3.8) is 0 Å². The first-order valence-corrected chi connectivity index (χ1v) is 7.32. The van der Waals surface area contributed by atoms with E-state index in [0.29, 0.717) is 6.54 Å². The minimum atomic E-state index is -0.183. The van der Waals surface area contributed by atoms with Crippen LogP contribution in [0.5, 0.6) is 0 Å². The van der Waals surface area contributed by atoms with Gasteiger partial charge < -0.3 is 10.2 Å². The van der Waals surface area contributed by atoms with Crippen molar-refractivity contribution in [1.82, 2.24) is 20.0 Å². The Morgan fingerprint density at radius 2 is 2.10 bits per heavy atom. The van der Waals surface area contributed by atoms with Crippen LogP contribution in [0.4, 0.5) is 0 Å². The first-order valence-electron chi connectivity index (χ1n) is 7.32. The Hall–Kier alpha value is -1.69. The zero-order valence-electron chi connectivity index (χ0n) is 11.6. The van der Waals surface area contributed by atoms with Crippen LogP contribution < -0.4 is 10.9 Å². The number of carbonyl (C=O) groups excluding carboxylic acids is 1. The first-order chi connectivity index (χ1) is 9.74. The summed E-state index contributed by atoms with van der Waals surface area (Å²) in [5, 5.41) is 7.58. The number of fused-ring (bicyclic) bond motifs is 1. The number of hydrogen-bond donors (Lipinski definition) is 1. The van der Waals surface area contributed by atoms with Crippen LogP contribution in [0.25, 0.3) is 0 Å². The zero-order chi connectivity index (χ0) is 13.9. The van der Waals surface area contributed by atoms with E-state index in [-0.39, 0.29) is 18.0 Å². The molecule has 0 spiro atoms. The van der Waals surface area contributed by atoms with Crippen molar-refractivity contribution in [3.8, 4) is 0 Å². The van der Waals surface area contributed by atoms with E-state index in [0.717, 1.165) is 50.2 Å². The van der Waals surface area contributed by atoms with Gasteiger partial charge in [-0.2, -0.15) is 5.10 Å². The summed E-state index contributed by atoms with van der Waals surface area (Å²) < 4.78 is 1.32. The summed E-state index contributed by atoms with van der Waals surface area (Å²) in [7, 11) is 0. The molecule has 1 saturated heterocycles. The molecular formula is C14H20N4O2. The van der Waals surface area contributed by atoms with E-state index in [4.69, 9.17) is 0 Å². The third-order valence-corrected chi connectivity index (χ3v) is 4.01. The minimum Gasteiger partial charge on any atom is -0.341 e. The molecule has 0 aliphatic carbocycles. The molecule has 3 heterocycles. The van der Waals surface area contributed by atoms with Crippen LogP contribution >= 0.6 is 0 Å². The summed E-state index contributed by atoms with van der Waals surface area (Å²) in [5.74, 6) is 0.00758. The van der Waals surface area contributed by atoms with Gasteiger partial charge in [0.05, 0.1) is 5.69 Å². The predicted molar refractivity (Wildman–Crippen MR) is 74.3 cm³/mol. The Morgan fingerprint density at radius 3 is 2.90 bits per heavy atom. The Bertz CT molecular complexity index is 561. The van der Waals surface area contributed by atoms with Crippen LogP contribution in [0.1, 0.15) is 30.5 Å². The third-order valence-electron chi connectivity index (χ3n) is 4.01. The van der Waals surface area contributed by atoms with Gasteiger partial charge in [0.25, 0.3) is 5.56 Å². The molecule has 108 valence electrons. The summed E-state index contributed by atoms with van der Waals surface area (Å²) in [5.41, 5.74) is 1.72. The largest absolute Gasteiger partial charge is 0.341 e. The number of carbonyl (C=O) groups is 1. The van der Waals surface area contributed by atoms with Gasteiger partial charge in [0.1, 0.15) is 6.54 Å². The van der Waals surface area contributed by atoms with Gasteiger partial charge in [-0.25, -0.2) is 4.68 Å². The normalized spacial score (nSPS) is 18.7. The molecule has 1 aromatic heterocycles. The molecule has 2 aliphatic heterocycles. The van der Waals surface area contributed by atoms with Gasteiger partial charge in [-0.15, -0.1) is 0 Å². The average Bonchev–Trinajstić information content (AvgIpc) is 2.49. The molecule has 6 heteroatoms. The maximum atomic E-state index is 12.2. The number of amides is 1. The monoisotopic (exact) mass is 276 g/mol. The minimum absolute atomic E-state index is 0.00758. The highest BCUT2D eigenvalue weighted by atomic mass is 16.2. The molecule has 0 radical (unpaired) electrons. The predicted octanol–water partition coefficient (Wildman–Crippen LogP) is -0.0985. The molecule has 1 fully saturated rings. The van der Waals surface area contributed by atoms with Crippen molar-refractivity contribution in [2.75, 3.05) is 19.6 Å². The maximum absolute atomic E-state index is 12.2. The number of piperidine rings is 1. The van der Waals surface area contributed by atoms with Gasteiger partial charge in [0.15, 0.2) is 0 Å². The van der Waals surface area contributed by atoms with E-state index in [9.17, 15) is 9.59 Å². The lowest BCUT2D eigenvalue weighted by atomic mass is 10.1. The molecule has 1 N–H and O–H groups in total. The lowest BCUT2D eigenvalue weighted by molar-refractivity contribution is -0.133. The Morgan fingerprint density at radius 1 is 1.30 bits per heavy atom. The number of aromatic nitrogens is 2. The standard InChI is InChI=1S/C14H20N4O2/c19-13-8-11-9-15-5-4-12(11)16-18(13)10-14(20)17-6-2-1-3-7-17/h8,15H,1-7,9-10H2. The van der Waals surface area contributed by atoms with E-state index in [1.54, 1.807) is 6.07 Å². The molecule has 0 aromatic carbocycles. The van der Waals surface area contributed by atoms with Crippen molar-refractivity contribution < 1.29 is 4.79 Å². The van der Waals surface area contributed by atoms with Crippen LogP contribution in [-0.2, 0) is 24.3 Å². The fourth-order valence-corrected chi connectivity index (χ4v) is 2.84. The highest BCUT2D eigenvalue weighted by molar-refractivity contribution is 5.75. The Kier molecular flexibility index (Phi) is 3.82. The SMILES string of the molecule is O=C(Cn1nc2c(cc1=O)CNCC2)N1CCCCC1. The summed E-state index contributed by atoms with van der Waals surface area (Å²) >= 11 is 0. The van der Waals surface area contributed by atoms with Crippen LogP contribution in [0.2, 0.25) is 0 Å². The lowest BCUT2D eigenvalue weighted by Crippen LogP contribution is -2.41. The van der Waals surface area contributed by atoms with E-state index in [1.165, 1.54) is 11.1 Å². The van der Waals surface area contributed by atoms with E-state index in [1.807, 2.05) is 4.90 Å². The molecule has 6 nitrogen and oxygen atoms in total. The number of nitrogens with zero attached hydrogens (tertiary/aromatic N) is 3. The molecule has 0 unspecified atom stereocenters. The summed E-state index contributed by atoms with van der Waals surface area (Å²) in [6.45, 7) is 3.25. The number of hydrogen-bond acceptors (Lipinski definition) is 4. The van der Waals surface area contributed by atoms with Crippen molar-refractivity contribution in [2.45, 2.75) is 38.8 Å². The second kappa shape index (κ2) is 5.75. The van der Waals surface area contributed by atoms with E-state index in [2.05, 4.69) is 10.4 Å². The summed E-state index contributed by atoms with van der Waals surface area (Å²) in [6, 6.07) is 1.61. The topological polar surface area (TPSA) is 67.2 Å². The summed E-state index contributed by atoms with van der Waals surface area (Å²) in [4.78, 5) is 26.1. The maximum Gasteiger partial charge on any atom is 0.267 e. The molecule has 0 bridgehead atoms. The van der Waals surface area contributed by atoms with Gasteiger partial charge in [-0.3, -0.25) is 9.59 Å². The van der Waals surface area contributed by atoms with Gasteiger partial charge in [0.2, 0.25) is 5.91 Å². The zero-order valence-corrected chi connectivity index (χ0v) is 11.6. The lowest BCUT2D eigenvalue weighted by Gasteiger charge is -2.27. The summed E-state index contributed by atoms with van der Waals surface area (Å²) in [6.07, 6.45) is 4.12. The van der Waals surface area contributed by atoms with Gasteiger partial charge in [0, 0.05) is 38.7 Å². The van der Waals surface area contributed by atoms with Crippen molar-refractivity contribution in [1.29, 1.82) is 0 Å². The van der Waals surface area contributed by atoms with Crippen molar-refractivity contribution in [3.05, 3.63) is 27.7 Å². The third kappa shape index (κ3) is 2.75. The van der Waals surface area contributed by atoms with E-state index < -0.39 is 0 Å². The molecule has 2 aliphatic rings. The highest BCUT2D eigenvalue weighted by Gasteiger charge is 2.19. The van der Waals surface area contributed by atoms with Crippen LogP contribution in [0, 0.1) is 0 Å². The van der Waals surface area contributed by atoms with Crippen LogP contribution in [0.3, 0.4) is 0 Å². The van der Waals surface area contributed by atoms with Crippen LogP contribution in [-0.4, -0.2) is 40.2 Å². The second-order valence-electron chi connectivity index (χ2n) is 5.48. The highest BCUT2D eigenvalue weighted by Crippen LogP contribution is 2.10. The Balaban J connectivity index is 1.76. The number of likely N-dealkylation sites (tertiary alicyclic amines) is 1. The molecule has 0 atom stereocenters. The number of nitrogens with one attached hydrogen (secondary N) is 1. The fourth-order valence-electron chi connectivity index (χ4n) is 2.84.